The van der Waals surface area contributed by atoms with Gasteiger partial charge in [0.05, 0.1) is 22.8 Å². The number of likely N-dealkylation sites (tertiary alicyclic amines) is 1. The summed E-state index contributed by atoms with van der Waals surface area (Å²) in [5.41, 5.74) is 1.16. The van der Waals surface area contributed by atoms with Gasteiger partial charge in [-0.1, -0.05) is 12.1 Å². The van der Waals surface area contributed by atoms with Crippen molar-refractivity contribution in [3.8, 4) is 11.1 Å². The highest BCUT2D eigenvalue weighted by Gasteiger charge is 2.48. The average Bonchev–Trinajstić information content (AvgIpc) is 3.11. The van der Waals surface area contributed by atoms with Crippen molar-refractivity contribution in [3.05, 3.63) is 53.9 Å². The summed E-state index contributed by atoms with van der Waals surface area (Å²) in [5, 5.41) is 3.51. The lowest BCUT2D eigenvalue weighted by atomic mass is 9.87. The van der Waals surface area contributed by atoms with Gasteiger partial charge in [0, 0.05) is 19.8 Å². The number of pyridine rings is 1. The Bertz CT molecular complexity index is 887. The van der Waals surface area contributed by atoms with E-state index in [-0.39, 0.29) is 24.4 Å². The van der Waals surface area contributed by atoms with Crippen molar-refractivity contribution in [1.82, 2.24) is 15.2 Å². The molecule has 2 aliphatic rings. The first-order valence-corrected chi connectivity index (χ1v) is 9.45. The zero-order valence-electron chi connectivity index (χ0n) is 16.0. The van der Waals surface area contributed by atoms with Crippen LogP contribution < -0.4 is 5.32 Å². The zero-order valence-corrected chi connectivity index (χ0v) is 16.8. The summed E-state index contributed by atoms with van der Waals surface area (Å²) in [6.07, 6.45) is 0.704. The van der Waals surface area contributed by atoms with E-state index >= 15 is 0 Å². The number of nitrogens with zero attached hydrogens (tertiary/aromatic N) is 2. The van der Waals surface area contributed by atoms with Crippen LogP contribution in [0.15, 0.2) is 42.6 Å². The van der Waals surface area contributed by atoms with E-state index in [0.717, 1.165) is 55.6 Å². The second kappa shape index (κ2) is 7.95. The second-order valence-electron chi connectivity index (χ2n) is 7.69. The molecule has 0 bridgehead atoms. The quantitative estimate of drug-likeness (QED) is 0.764. The molecule has 156 valence electrons. The van der Waals surface area contributed by atoms with Gasteiger partial charge in [-0.2, -0.15) is 13.2 Å². The molecule has 3 heterocycles. The lowest BCUT2D eigenvalue weighted by molar-refractivity contribution is -0.140. The molecule has 2 saturated heterocycles. The molecule has 2 fully saturated rings. The predicted molar refractivity (Wildman–Crippen MR) is 107 cm³/mol. The Morgan fingerprint density at radius 3 is 2.55 bits per heavy atom. The Labute approximate surface area is 173 Å². The van der Waals surface area contributed by atoms with Gasteiger partial charge in [-0.3, -0.25) is 15.1 Å². The second-order valence-corrected chi connectivity index (χ2v) is 7.69. The molecule has 1 aromatic heterocycles. The minimum atomic E-state index is -4.34. The maximum Gasteiger partial charge on any atom is 0.416 e. The third kappa shape index (κ3) is 4.12. The highest BCUT2D eigenvalue weighted by atomic mass is 35.5. The molecule has 4 rings (SSSR count). The van der Waals surface area contributed by atoms with Crippen molar-refractivity contribution in [3.63, 3.8) is 0 Å². The number of benzene rings is 1. The summed E-state index contributed by atoms with van der Waals surface area (Å²) < 4.78 is 38.3. The average molecular weight is 426 g/mol. The number of nitrogens with one attached hydrogen (secondary N) is 1. The normalized spacial score (nSPS) is 24.6. The van der Waals surface area contributed by atoms with Crippen molar-refractivity contribution < 1.29 is 18.0 Å². The van der Waals surface area contributed by atoms with Gasteiger partial charge in [0.1, 0.15) is 0 Å². The molecule has 1 aromatic carbocycles. The van der Waals surface area contributed by atoms with E-state index in [9.17, 15) is 18.0 Å². The van der Waals surface area contributed by atoms with Gasteiger partial charge >= 0.3 is 6.18 Å². The SMILES string of the molecule is CN1CCC[C@]2(CC[C@H](c3cc(-c4ccc(C(F)(F)F)cc4)ccn3)N2)C1=O.Cl. The van der Waals surface area contributed by atoms with Gasteiger partial charge in [0.2, 0.25) is 5.91 Å². The first-order valence-electron chi connectivity index (χ1n) is 9.45. The van der Waals surface area contributed by atoms with Crippen LogP contribution in [0.4, 0.5) is 13.2 Å². The Hall–Kier alpha value is -2.12. The lowest BCUT2D eigenvalue weighted by Gasteiger charge is -2.38. The van der Waals surface area contributed by atoms with Gasteiger partial charge < -0.3 is 4.90 Å². The molecule has 0 aliphatic carbocycles. The van der Waals surface area contributed by atoms with E-state index in [1.54, 1.807) is 17.2 Å². The van der Waals surface area contributed by atoms with Crippen molar-refractivity contribution >= 4 is 18.3 Å². The van der Waals surface area contributed by atoms with Crippen molar-refractivity contribution in [2.75, 3.05) is 13.6 Å². The van der Waals surface area contributed by atoms with Crippen LogP contribution in [0.1, 0.15) is 43.0 Å². The number of rotatable bonds is 2. The van der Waals surface area contributed by atoms with Crippen LogP contribution in [0.25, 0.3) is 11.1 Å². The van der Waals surface area contributed by atoms with Crippen LogP contribution in [0.3, 0.4) is 0 Å². The Balaban J connectivity index is 0.00000240. The molecule has 4 nitrogen and oxygen atoms in total. The molecular weight excluding hydrogens is 403 g/mol. The maximum absolute atomic E-state index is 12.8. The molecule has 2 atom stereocenters. The number of carbonyl (C=O) groups is 1. The molecular formula is C21H23ClF3N3O. The van der Waals surface area contributed by atoms with E-state index in [4.69, 9.17) is 0 Å². The molecule has 0 radical (unpaired) electrons. The van der Waals surface area contributed by atoms with Gasteiger partial charge in [0.25, 0.3) is 0 Å². The number of hydrogen-bond donors (Lipinski definition) is 1. The summed E-state index contributed by atoms with van der Waals surface area (Å²) in [6.45, 7) is 0.786. The number of amides is 1. The van der Waals surface area contributed by atoms with E-state index in [1.807, 2.05) is 13.1 Å². The van der Waals surface area contributed by atoms with Gasteiger partial charge in [0.15, 0.2) is 0 Å². The largest absolute Gasteiger partial charge is 0.416 e. The number of likely N-dealkylation sites (N-methyl/N-ethyl adjacent to an activating group) is 1. The molecule has 2 aromatic rings. The monoisotopic (exact) mass is 425 g/mol. The van der Waals surface area contributed by atoms with Gasteiger partial charge in [-0.05, 0) is 61.1 Å². The fourth-order valence-electron chi connectivity index (χ4n) is 4.32. The van der Waals surface area contributed by atoms with E-state index < -0.39 is 17.3 Å². The van der Waals surface area contributed by atoms with Crippen LogP contribution >= 0.6 is 12.4 Å². The van der Waals surface area contributed by atoms with Crippen molar-refractivity contribution in [2.45, 2.75) is 43.4 Å². The van der Waals surface area contributed by atoms with Gasteiger partial charge in [-0.15, -0.1) is 12.4 Å². The molecule has 1 N–H and O–H groups in total. The molecule has 1 spiro atoms. The highest BCUT2D eigenvalue weighted by molar-refractivity contribution is 5.87. The first kappa shape index (κ1) is 21.6. The number of hydrogen-bond acceptors (Lipinski definition) is 3. The topological polar surface area (TPSA) is 45.2 Å². The molecule has 29 heavy (non-hydrogen) atoms. The maximum atomic E-state index is 12.8. The number of halogens is 4. The number of piperidine rings is 1. The van der Waals surface area contributed by atoms with Crippen LogP contribution in [0.5, 0.6) is 0 Å². The number of alkyl halides is 3. The Morgan fingerprint density at radius 1 is 1.14 bits per heavy atom. The standard InChI is InChI=1S/C21H22F3N3O.ClH/c1-27-12-2-9-20(19(27)28)10-7-17(26-20)18-13-15(8-11-25-18)14-3-5-16(6-4-14)21(22,23)24;/h3-6,8,11,13,17,26H,2,7,9-10,12H2,1H3;1H/t17-,20+;/m1./s1. The van der Waals surface area contributed by atoms with E-state index in [1.165, 1.54) is 12.1 Å². The molecule has 0 unspecified atom stereocenters. The third-order valence-corrected chi connectivity index (χ3v) is 5.85. The van der Waals surface area contributed by atoms with Crippen LogP contribution in [-0.2, 0) is 11.0 Å². The Kier molecular flexibility index (Phi) is 5.92. The fraction of sp³-hybridized carbons (Fsp3) is 0.429. The van der Waals surface area contributed by atoms with Crippen molar-refractivity contribution in [1.29, 1.82) is 0 Å². The smallest absolute Gasteiger partial charge is 0.344 e. The summed E-state index contributed by atoms with van der Waals surface area (Å²) in [4.78, 5) is 18.9. The summed E-state index contributed by atoms with van der Waals surface area (Å²) in [7, 11) is 1.84. The van der Waals surface area contributed by atoms with Gasteiger partial charge in [-0.25, -0.2) is 0 Å². The van der Waals surface area contributed by atoms with E-state index in [0.29, 0.717) is 5.56 Å². The summed E-state index contributed by atoms with van der Waals surface area (Å²) >= 11 is 0. The van der Waals surface area contributed by atoms with Crippen LogP contribution in [0, 0.1) is 0 Å². The molecule has 1 amide bonds. The lowest BCUT2D eigenvalue weighted by Crippen LogP contribution is -2.57. The number of carbonyl (C=O) groups excluding carboxylic acids is 1. The summed E-state index contributed by atoms with van der Waals surface area (Å²) in [5.74, 6) is 0.139. The third-order valence-electron chi connectivity index (χ3n) is 5.85. The van der Waals surface area contributed by atoms with E-state index in [2.05, 4.69) is 10.3 Å². The molecule has 8 heteroatoms. The predicted octanol–water partition coefficient (Wildman–Crippen LogP) is 4.60. The van der Waals surface area contributed by atoms with Crippen LogP contribution in [0.2, 0.25) is 0 Å². The minimum absolute atomic E-state index is 0. The minimum Gasteiger partial charge on any atom is -0.344 e. The Morgan fingerprint density at radius 2 is 1.86 bits per heavy atom. The molecule has 2 aliphatic heterocycles. The summed E-state index contributed by atoms with van der Waals surface area (Å²) in [6, 6.07) is 8.79. The highest BCUT2D eigenvalue weighted by Crippen LogP contribution is 2.39. The van der Waals surface area contributed by atoms with Crippen LogP contribution in [-0.4, -0.2) is 34.9 Å². The molecule has 0 saturated carbocycles. The zero-order chi connectivity index (χ0) is 19.9. The number of aromatic nitrogens is 1. The fourth-order valence-corrected chi connectivity index (χ4v) is 4.32. The van der Waals surface area contributed by atoms with Crippen molar-refractivity contribution in [2.24, 2.45) is 0 Å². The first-order chi connectivity index (χ1) is 13.3.